The van der Waals surface area contributed by atoms with Gasteiger partial charge in [0.05, 0.1) is 0 Å². The molecule has 3 nitrogen and oxygen atoms in total. The molecule has 8 heteroatoms. The topological polar surface area (TPSA) is 50.2 Å². The number of carbonyl (C=O) groups excluding carboxylic acids is 1. The van der Waals surface area contributed by atoms with Gasteiger partial charge in [-0.15, -0.1) is 0 Å². The third kappa shape index (κ3) is 10.5. The first-order valence-electron chi connectivity index (χ1n) is 16.7. The zero-order valence-corrected chi connectivity index (χ0v) is 36.5. The third-order valence-electron chi connectivity index (χ3n) is 8.64. The number of alkyl halides is 3. The van der Waals surface area contributed by atoms with Gasteiger partial charge in [-0.2, -0.15) is 13.2 Å². The average Bonchev–Trinajstić information content (AvgIpc) is 3.05. The molecule has 0 bridgehead atoms. The fourth-order valence-corrected chi connectivity index (χ4v) is 13.9. The Morgan fingerprint density at radius 2 is 1.33 bits per heavy atom. The largest absolute Gasteiger partial charge is 0 e. The minimum atomic E-state index is -4.58. The molecule has 0 aliphatic heterocycles. The van der Waals surface area contributed by atoms with Crippen LogP contribution in [0.1, 0.15) is 65.2 Å². The Hall–Kier alpha value is -3.18. The number of nitrogens with zero attached hydrogens (tertiary/aromatic N) is 1. The van der Waals surface area contributed by atoms with Crippen molar-refractivity contribution in [1.29, 1.82) is 0 Å². The second kappa shape index (κ2) is 17.1. The Kier molecular flexibility index (Phi) is 14.2. The van der Waals surface area contributed by atoms with Crippen molar-refractivity contribution in [3.05, 3.63) is 132 Å². The number of hydrogen-bond acceptors (Lipinski definition) is 3. The standard InChI is InChI=1S/C19H17N.C10H15F3O2.2C7H7.Bi.Ir/c1-19(2,3)17-13-15(18-10-6-7-11-20-18)12-14-8-4-5-9-16(14)17;1-6(2)7(14)5-8(15)9(3,4)10(11,12)13;2*1-7-5-3-2-4-6-7;;/h4-5,7-11,13H,1-3H3;5-6,15H,1-4H3;2*3-6H,1H3;;/q-1;;;;;/b;8-5-;;;;. The van der Waals surface area contributed by atoms with Crippen LogP contribution in [0.15, 0.2) is 109 Å². The van der Waals surface area contributed by atoms with Crippen LogP contribution in [-0.4, -0.2) is 43.8 Å². The SMILES string of the molecule is CC(C)C(=O)/C=C(\O)C(C)(C)C(F)(F)F.Cc1cc[c]([Bi]([c]2ccc(C)cc2)[c]2ccnc(-c3[c-]c4ccccc4c(C(C)(C)C)c3)c2)cc1.[Ir]. The molecule has 1 heterocycles. The number of pyridine rings is 1. The zero-order chi connectivity index (χ0) is 37.0. The molecule has 1 N–H and O–H groups in total. The second-order valence-electron chi connectivity index (χ2n) is 14.5. The summed E-state index contributed by atoms with van der Waals surface area (Å²) in [7, 11) is 0. The van der Waals surface area contributed by atoms with Crippen LogP contribution >= 0.6 is 0 Å². The summed E-state index contributed by atoms with van der Waals surface area (Å²) < 4.78 is 41.7. The van der Waals surface area contributed by atoms with Crippen molar-refractivity contribution in [1.82, 2.24) is 4.98 Å². The summed E-state index contributed by atoms with van der Waals surface area (Å²) in [6, 6.07) is 37.5. The van der Waals surface area contributed by atoms with Gasteiger partial charge in [0, 0.05) is 32.1 Å². The Morgan fingerprint density at radius 3 is 1.82 bits per heavy atom. The Balaban J connectivity index is 0.000000374. The van der Waals surface area contributed by atoms with E-state index in [0.29, 0.717) is 6.08 Å². The maximum Gasteiger partial charge on any atom is 0 e. The molecule has 0 unspecified atom stereocenters. The molecule has 5 aromatic rings. The first kappa shape index (κ1) is 42.2. The van der Waals surface area contributed by atoms with Crippen LogP contribution in [0.3, 0.4) is 0 Å². The fraction of sp³-hybridized carbons (Fsp3) is 0.302. The van der Waals surface area contributed by atoms with Crippen molar-refractivity contribution < 1.29 is 43.2 Å². The smallest absolute Gasteiger partial charge is 0 e. The van der Waals surface area contributed by atoms with E-state index >= 15 is 0 Å². The molecule has 0 aliphatic carbocycles. The minimum absolute atomic E-state index is 0. The number of ketones is 1. The van der Waals surface area contributed by atoms with Gasteiger partial charge in [-0.3, -0.25) is 4.79 Å². The van der Waals surface area contributed by atoms with Gasteiger partial charge in [-0.25, -0.2) is 0 Å². The molecule has 0 spiro atoms. The Morgan fingerprint density at radius 1 is 0.804 bits per heavy atom. The number of carbonyl (C=O) groups is 1. The maximum absolute atomic E-state index is 12.4. The number of benzene rings is 4. The predicted octanol–water partition coefficient (Wildman–Crippen LogP) is 9.37. The monoisotopic (exact) mass is 1070 g/mol. The number of aromatic nitrogens is 1. The van der Waals surface area contributed by atoms with Crippen molar-refractivity contribution in [2.24, 2.45) is 11.3 Å². The van der Waals surface area contributed by atoms with Crippen LogP contribution in [0.4, 0.5) is 13.2 Å². The van der Waals surface area contributed by atoms with Crippen LogP contribution in [-0.2, 0) is 30.3 Å². The van der Waals surface area contributed by atoms with Crippen LogP contribution in [0.2, 0.25) is 0 Å². The van der Waals surface area contributed by atoms with E-state index in [1.807, 2.05) is 6.20 Å². The summed E-state index contributed by atoms with van der Waals surface area (Å²) >= 11 is -2.49. The number of hydrogen-bond donors (Lipinski definition) is 1. The normalized spacial score (nSPS) is 12.4. The van der Waals surface area contributed by atoms with E-state index in [2.05, 4.69) is 132 Å². The van der Waals surface area contributed by atoms with Crippen molar-refractivity contribution in [2.45, 2.75) is 73.9 Å². The molecule has 271 valence electrons. The van der Waals surface area contributed by atoms with Crippen molar-refractivity contribution in [2.75, 3.05) is 0 Å². The quantitative estimate of drug-likeness (QED) is 0.0766. The van der Waals surface area contributed by atoms with E-state index in [1.54, 1.807) is 13.8 Å². The molecular weight excluding hydrogens is 1020 g/mol. The maximum atomic E-state index is 12.4. The number of fused-ring (bicyclic) bond motifs is 1. The number of rotatable bonds is 7. The summed E-state index contributed by atoms with van der Waals surface area (Å²) in [5, 5.41) is 11.7. The summed E-state index contributed by atoms with van der Waals surface area (Å²) in [5.74, 6) is -1.91. The van der Waals surface area contributed by atoms with Gasteiger partial charge in [0.15, 0.2) is 5.78 Å². The van der Waals surface area contributed by atoms with Crippen molar-refractivity contribution in [3.63, 3.8) is 0 Å². The van der Waals surface area contributed by atoms with Crippen molar-refractivity contribution in [3.8, 4) is 11.3 Å². The van der Waals surface area contributed by atoms with E-state index < -0.39 is 50.8 Å². The van der Waals surface area contributed by atoms with Gasteiger partial charge >= 0.3 is 225 Å². The number of aryl methyl sites for hydroxylation is 2. The van der Waals surface area contributed by atoms with Gasteiger partial charge < -0.3 is 5.11 Å². The first-order chi connectivity index (χ1) is 23.3. The molecular formula is C43H46BiF3IrNO2-. The molecule has 1 aromatic heterocycles. The molecule has 51 heavy (non-hydrogen) atoms. The molecule has 0 saturated carbocycles. The summed E-state index contributed by atoms with van der Waals surface area (Å²) in [6.45, 7) is 15.9. The van der Waals surface area contributed by atoms with Crippen LogP contribution in [0.5, 0.6) is 0 Å². The molecule has 0 amide bonds. The summed E-state index contributed by atoms with van der Waals surface area (Å²) in [6.07, 6.45) is -1.93. The van der Waals surface area contributed by atoms with E-state index in [1.165, 1.54) is 31.9 Å². The third-order valence-corrected chi connectivity index (χ3v) is 18.1. The van der Waals surface area contributed by atoms with Gasteiger partial charge in [0.25, 0.3) is 0 Å². The summed E-state index contributed by atoms with van der Waals surface area (Å²) in [5.41, 5.74) is 3.68. The van der Waals surface area contributed by atoms with E-state index in [-0.39, 0.29) is 25.5 Å². The van der Waals surface area contributed by atoms with Gasteiger partial charge in [0.1, 0.15) is 11.2 Å². The summed E-state index contributed by atoms with van der Waals surface area (Å²) in [4.78, 5) is 16.0. The van der Waals surface area contributed by atoms with Crippen molar-refractivity contribution >= 4 is 48.1 Å². The van der Waals surface area contributed by atoms with E-state index in [4.69, 9.17) is 4.98 Å². The van der Waals surface area contributed by atoms with E-state index in [9.17, 15) is 23.1 Å². The number of aliphatic hydroxyl groups excluding tert-OH is 1. The second-order valence-corrected chi connectivity index (χ2v) is 23.1. The zero-order valence-electron chi connectivity index (χ0n) is 30.6. The van der Waals surface area contributed by atoms with Crippen LogP contribution in [0, 0.1) is 31.2 Å². The predicted molar refractivity (Wildman–Crippen MR) is 202 cm³/mol. The molecule has 4 aromatic carbocycles. The molecule has 0 fully saturated rings. The molecule has 5 rings (SSSR count). The average molecular weight is 1070 g/mol. The van der Waals surface area contributed by atoms with Gasteiger partial charge in [-0.1, -0.05) is 13.8 Å². The fourth-order valence-electron chi connectivity index (χ4n) is 5.16. The molecule has 0 atom stereocenters. The van der Waals surface area contributed by atoms with Crippen LogP contribution in [0.25, 0.3) is 22.0 Å². The Labute approximate surface area is 322 Å². The minimum Gasteiger partial charge on any atom is 0 e. The molecule has 1 radical (unpaired) electrons. The van der Waals surface area contributed by atoms with Crippen LogP contribution < -0.4 is 9.81 Å². The number of allylic oxidation sites excluding steroid dienone is 2. The molecule has 0 aliphatic rings. The van der Waals surface area contributed by atoms with Gasteiger partial charge in [-0.05, 0) is 13.8 Å². The first-order valence-corrected chi connectivity index (χ1v) is 21.9. The molecule has 0 saturated heterocycles. The number of halogens is 3. The van der Waals surface area contributed by atoms with Gasteiger partial charge in [0.2, 0.25) is 0 Å². The van der Waals surface area contributed by atoms with E-state index in [0.717, 1.165) is 30.5 Å². The Bertz CT molecular complexity index is 1930. The number of aliphatic hydroxyl groups is 1.